The Hall–Kier alpha value is -2.26. The van der Waals surface area contributed by atoms with E-state index in [4.69, 9.17) is 0 Å². The number of hydrogen-bond acceptors (Lipinski definition) is 0. The van der Waals surface area contributed by atoms with Crippen LogP contribution in [0.2, 0.25) is 0 Å². The molecule has 0 N–H and O–H groups in total. The highest BCUT2D eigenvalue weighted by Crippen LogP contribution is 2.48. The Kier molecular flexibility index (Phi) is 12.6. The molecule has 4 aromatic carbocycles. The third-order valence-corrected chi connectivity index (χ3v) is 13.2. The molecule has 0 aromatic heterocycles. The highest BCUT2D eigenvalue weighted by Gasteiger charge is 2.28. The fourth-order valence-corrected chi connectivity index (χ4v) is 11.5. The first-order valence-corrected chi connectivity index (χ1v) is 17.6. The van der Waals surface area contributed by atoms with Gasteiger partial charge in [0.2, 0.25) is 0 Å². The Balaban J connectivity index is 1.61. The van der Waals surface area contributed by atoms with Crippen molar-refractivity contribution in [2.24, 2.45) is 0 Å². The molecule has 0 aliphatic rings. The van der Waals surface area contributed by atoms with Crippen molar-refractivity contribution in [3.63, 3.8) is 0 Å². The van der Waals surface area contributed by atoms with Gasteiger partial charge in [0.1, 0.15) is 0 Å². The van der Waals surface area contributed by atoms with Crippen LogP contribution in [0.3, 0.4) is 0 Å². The summed E-state index contributed by atoms with van der Waals surface area (Å²) < 4.78 is 0. The lowest BCUT2D eigenvalue weighted by molar-refractivity contribution is 0.564. The minimum atomic E-state index is -0.444. The molecule has 0 nitrogen and oxygen atoms in total. The van der Waals surface area contributed by atoms with Crippen molar-refractivity contribution >= 4 is 37.1 Å². The minimum absolute atomic E-state index is 0.422. The Morgan fingerprint density at radius 1 is 0.447 bits per heavy atom. The molecular formula is C36H44P2. The molecular weight excluding hydrogens is 494 g/mol. The third-order valence-electron chi connectivity index (χ3n) is 7.35. The lowest BCUT2D eigenvalue weighted by Gasteiger charge is -2.32. The molecule has 0 fully saturated rings. The van der Waals surface area contributed by atoms with E-state index in [9.17, 15) is 0 Å². The Bertz CT molecular complexity index is 1050. The summed E-state index contributed by atoms with van der Waals surface area (Å²) in [4.78, 5) is 0. The largest absolute Gasteiger partial charge is 0.0654 e. The van der Waals surface area contributed by atoms with Crippen LogP contribution in [0.15, 0.2) is 121 Å². The average molecular weight is 539 g/mol. The second-order valence-electron chi connectivity index (χ2n) is 10.2. The summed E-state index contributed by atoms with van der Waals surface area (Å²) in [6.07, 6.45) is 13.6. The topological polar surface area (TPSA) is 0 Å². The van der Waals surface area contributed by atoms with Crippen molar-refractivity contribution in [3.8, 4) is 0 Å². The summed E-state index contributed by atoms with van der Waals surface area (Å²) in [6, 6.07) is 45.4. The molecule has 0 amide bonds. The zero-order valence-corrected chi connectivity index (χ0v) is 24.9. The molecule has 0 heterocycles. The third kappa shape index (κ3) is 8.90. The maximum absolute atomic E-state index is 2.38. The summed E-state index contributed by atoms with van der Waals surface area (Å²) >= 11 is 0. The zero-order chi connectivity index (χ0) is 26.3. The van der Waals surface area contributed by atoms with Crippen LogP contribution in [-0.2, 0) is 0 Å². The SMILES string of the molecule is CCCCCCCCCCC(CP(c1ccccc1)c1ccccc1)P(c1ccccc1)c1ccccc1. The molecule has 0 spiro atoms. The van der Waals surface area contributed by atoms with Crippen LogP contribution in [0.5, 0.6) is 0 Å². The van der Waals surface area contributed by atoms with Gasteiger partial charge in [0, 0.05) is 0 Å². The molecule has 0 aliphatic heterocycles. The predicted molar refractivity (Wildman–Crippen MR) is 174 cm³/mol. The van der Waals surface area contributed by atoms with E-state index < -0.39 is 15.8 Å². The van der Waals surface area contributed by atoms with Gasteiger partial charge in [-0.1, -0.05) is 180 Å². The summed E-state index contributed by atoms with van der Waals surface area (Å²) in [5.74, 6) is 0. The lowest BCUT2D eigenvalue weighted by atomic mass is 10.1. The molecule has 0 bridgehead atoms. The summed E-state index contributed by atoms with van der Waals surface area (Å²) in [5, 5.41) is 6.06. The van der Waals surface area contributed by atoms with Crippen molar-refractivity contribution in [2.45, 2.75) is 70.4 Å². The molecule has 2 heteroatoms. The maximum Gasteiger partial charge on any atom is -0.00835 e. The Morgan fingerprint density at radius 3 is 1.24 bits per heavy atom. The van der Waals surface area contributed by atoms with E-state index in [2.05, 4.69) is 128 Å². The van der Waals surface area contributed by atoms with Crippen LogP contribution in [-0.4, -0.2) is 11.8 Å². The van der Waals surface area contributed by atoms with E-state index in [0.717, 1.165) is 0 Å². The highest BCUT2D eigenvalue weighted by atomic mass is 31.1. The van der Waals surface area contributed by atoms with Gasteiger partial charge in [-0.05, 0) is 55.3 Å². The van der Waals surface area contributed by atoms with E-state index in [-0.39, 0.29) is 0 Å². The van der Waals surface area contributed by atoms with Crippen LogP contribution in [0, 0.1) is 0 Å². The average Bonchev–Trinajstić information content (AvgIpc) is 2.99. The number of hydrogen-bond donors (Lipinski definition) is 0. The van der Waals surface area contributed by atoms with Gasteiger partial charge < -0.3 is 0 Å². The van der Waals surface area contributed by atoms with E-state index in [1.54, 1.807) is 0 Å². The van der Waals surface area contributed by atoms with Gasteiger partial charge in [0.25, 0.3) is 0 Å². The van der Waals surface area contributed by atoms with Crippen molar-refractivity contribution < 1.29 is 0 Å². The first kappa shape index (κ1) is 28.7. The second-order valence-corrected chi connectivity index (χ2v) is 15.0. The van der Waals surface area contributed by atoms with Gasteiger partial charge in [0.15, 0.2) is 0 Å². The van der Waals surface area contributed by atoms with Gasteiger partial charge in [0.05, 0.1) is 0 Å². The Labute approximate surface area is 234 Å². The van der Waals surface area contributed by atoms with Crippen LogP contribution in [0.1, 0.15) is 64.7 Å². The molecule has 0 aliphatic carbocycles. The van der Waals surface area contributed by atoms with E-state index in [0.29, 0.717) is 5.66 Å². The van der Waals surface area contributed by atoms with Crippen molar-refractivity contribution in [1.82, 2.24) is 0 Å². The van der Waals surface area contributed by atoms with Crippen LogP contribution in [0.4, 0.5) is 0 Å². The van der Waals surface area contributed by atoms with E-state index >= 15 is 0 Å². The molecule has 0 saturated carbocycles. The molecule has 38 heavy (non-hydrogen) atoms. The van der Waals surface area contributed by atoms with Crippen LogP contribution >= 0.6 is 15.8 Å². The zero-order valence-electron chi connectivity index (χ0n) is 23.1. The molecule has 4 rings (SSSR count). The molecule has 4 aromatic rings. The minimum Gasteiger partial charge on any atom is -0.0654 e. The molecule has 0 radical (unpaired) electrons. The van der Waals surface area contributed by atoms with Gasteiger partial charge >= 0.3 is 0 Å². The summed E-state index contributed by atoms with van der Waals surface area (Å²) in [5.41, 5.74) is 0.654. The summed E-state index contributed by atoms with van der Waals surface area (Å²) in [7, 11) is -0.866. The standard InChI is InChI=1S/C36H44P2/c1-2-3-4-5-6-7-8-13-30-36(38(34-26-18-11-19-27-34)35-28-20-12-21-29-35)31-37(32-22-14-9-15-23-32)33-24-16-10-17-25-33/h9-12,14-29,36H,2-8,13,30-31H2,1H3. The first-order valence-electron chi connectivity index (χ1n) is 14.6. The fraction of sp³-hybridized carbons (Fsp3) is 0.333. The Morgan fingerprint density at radius 2 is 0.816 bits per heavy atom. The van der Waals surface area contributed by atoms with Crippen LogP contribution < -0.4 is 21.2 Å². The van der Waals surface area contributed by atoms with Crippen molar-refractivity contribution in [3.05, 3.63) is 121 Å². The predicted octanol–water partition coefficient (Wildman–Crippen LogP) is 9.15. The number of rotatable bonds is 16. The van der Waals surface area contributed by atoms with Gasteiger partial charge in [-0.25, -0.2) is 0 Å². The normalized spacial score (nSPS) is 12.2. The quantitative estimate of drug-likeness (QED) is 0.0985. The molecule has 198 valence electrons. The van der Waals surface area contributed by atoms with Gasteiger partial charge in [-0.3, -0.25) is 0 Å². The molecule has 1 unspecified atom stereocenters. The van der Waals surface area contributed by atoms with Crippen molar-refractivity contribution in [2.75, 3.05) is 6.16 Å². The van der Waals surface area contributed by atoms with Crippen molar-refractivity contribution in [1.29, 1.82) is 0 Å². The smallest absolute Gasteiger partial charge is 0.00835 e. The monoisotopic (exact) mass is 538 g/mol. The number of benzene rings is 4. The first-order chi connectivity index (χ1) is 18.9. The lowest BCUT2D eigenvalue weighted by Crippen LogP contribution is -2.27. The molecule has 0 saturated heterocycles. The fourth-order valence-electron chi connectivity index (χ4n) is 5.35. The van der Waals surface area contributed by atoms with E-state index in [1.165, 1.54) is 85.2 Å². The summed E-state index contributed by atoms with van der Waals surface area (Å²) in [6.45, 7) is 2.30. The highest BCUT2D eigenvalue weighted by molar-refractivity contribution is 7.77. The molecule has 1 atom stereocenters. The van der Waals surface area contributed by atoms with E-state index in [1.807, 2.05) is 0 Å². The van der Waals surface area contributed by atoms with Gasteiger partial charge in [-0.15, -0.1) is 0 Å². The maximum atomic E-state index is 2.38. The van der Waals surface area contributed by atoms with Gasteiger partial charge in [-0.2, -0.15) is 0 Å². The van der Waals surface area contributed by atoms with Crippen LogP contribution in [0.25, 0.3) is 0 Å². The second kappa shape index (κ2) is 16.6. The number of unbranched alkanes of at least 4 members (excludes halogenated alkanes) is 7.